The van der Waals surface area contributed by atoms with Crippen LogP contribution in [0.1, 0.15) is 11.3 Å². The zero-order valence-corrected chi connectivity index (χ0v) is 10.0. The molecule has 0 spiro atoms. The second-order valence-electron chi connectivity index (χ2n) is 4.03. The summed E-state index contributed by atoms with van der Waals surface area (Å²) in [5.41, 5.74) is 3.24. The Bertz CT molecular complexity index is 624. The SMILES string of the molecule is Cc1nccc(-c2ccc([N+](=O)[O-])c(O)c2)c1C. The summed E-state index contributed by atoms with van der Waals surface area (Å²) in [6, 6.07) is 6.16. The molecule has 92 valence electrons. The van der Waals surface area contributed by atoms with Gasteiger partial charge in [0.1, 0.15) is 0 Å². The zero-order chi connectivity index (χ0) is 13.3. The largest absolute Gasteiger partial charge is 0.502 e. The van der Waals surface area contributed by atoms with Crippen molar-refractivity contribution in [3.8, 4) is 16.9 Å². The highest BCUT2D eigenvalue weighted by Gasteiger charge is 2.14. The highest BCUT2D eigenvalue weighted by molar-refractivity contribution is 5.71. The van der Waals surface area contributed by atoms with Gasteiger partial charge in [0.05, 0.1) is 4.92 Å². The van der Waals surface area contributed by atoms with Crippen molar-refractivity contribution >= 4 is 5.69 Å². The Balaban J connectivity index is 2.56. The van der Waals surface area contributed by atoms with E-state index in [2.05, 4.69) is 4.98 Å². The number of benzene rings is 1. The lowest BCUT2D eigenvalue weighted by Crippen LogP contribution is -1.92. The molecule has 0 fully saturated rings. The first-order valence-corrected chi connectivity index (χ1v) is 5.40. The normalized spacial score (nSPS) is 10.3. The summed E-state index contributed by atoms with van der Waals surface area (Å²) in [6.07, 6.45) is 1.68. The van der Waals surface area contributed by atoms with Crippen LogP contribution in [-0.4, -0.2) is 15.0 Å². The van der Waals surface area contributed by atoms with Crippen molar-refractivity contribution < 1.29 is 10.0 Å². The molecule has 1 aromatic heterocycles. The first-order valence-electron chi connectivity index (χ1n) is 5.40. The molecule has 1 N–H and O–H groups in total. The molecule has 0 radical (unpaired) electrons. The van der Waals surface area contributed by atoms with Gasteiger partial charge in [-0.25, -0.2) is 0 Å². The molecule has 5 nitrogen and oxygen atoms in total. The molecule has 0 bridgehead atoms. The summed E-state index contributed by atoms with van der Waals surface area (Å²) >= 11 is 0. The maximum atomic E-state index is 10.6. The number of aromatic hydroxyl groups is 1. The van der Waals surface area contributed by atoms with E-state index in [0.717, 1.165) is 22.4 Å². The van der Waals surface area contributed by atoms with Crippen LogP contribution < -0.4 is 0 Å². The van der Waals surface area contributed by atoms with Crippen LogP contribution in [0.25, 0.3) is 11.1 Å². The number of hydrogen-bond donors (Lipinski definition) is 1. The van der Waals surface area contributed by atoms with Gasteiger partial charge in [-0.15, -0.1) is 0 Å². The summed E-state index contributed by atoms with van der Waals surface area (Å²) in [5.74, 6) is -0.327. The van der Waals surface area contributed by atoms with E-state index in [4.69, 9.17) is 0 Å². The van der Waals surface area contributed by atoms with Gasteiger partial charge in [0.25, 0.3) is 0 Å². The first kappa shape index (κ1) is 12.0. The van der Waals surface area contributed by atoms with Crippen LogP contribution in [0.2, 0.25) is 0 Å². The van der Waals surface area contributed by atoms with Gasteiger partial charge < -0.3 is 5.11 Å². The molecular formula is C13H12N2O3. The number of aryl methyl sites for hydroxylation is 1. The quantitative estimate of drug-likeness (QED) is 0.650. The van der Waals surface area contributed by atoms with Gasteiger partial charge in [-0.3, -0.25) is 15.1 Å². The Hall–Kier alpha value is -2.43. The smallest absolute Gasteiger partial charge is 0.310 e. The van der Waals surface area contributed by atoms with Crippen molar-refractivity contribution in [1.29, 1.82) is 0 Å². The lowest BCUT2D eigenvalue weighted by molar-refractivity contribution is -0.385. The summed E-state index contributed by atoms with van der Waals surface area (Å²) in [4.78, 5) is 14.2. The predicted octanol–water partition coefficient (Wildman–Crippen LogP) is 2.98. The molecule has 5 heteroatoms. The lowest BCUT2D eigenvalue weighted by Gasteiger charge is -2.08. The third-order valence-electron chi connectivity index (χ3n) is 2.94. The number of phenols is 1. The van der Waals surface area contributed by atoms with E-state index in [9.17, 15) is 15.2 Å². The molecular weight excluding hydrogens is 232 g/mol. The third kappa shape index (κ3) is 2.02. The Morgan fingerprint density at radius 3 is 2.61 bits per heavy atom. The van der Waals surface area contributed by atoms with Crippen molar-refractivity contribution in [2.75, 3.05) is 0 Å². The summed E-state index contributed by atoms with van der Waals surface area (Å²) < 4.78 is 0. The van der Waals surface area contributed by atoms with E-state index in [1.807, 2.05) is 19.9 Å². The zero-order valence-electron chi connectivity index (χ0n) is 10.0. The Labute approximate surface area is 104 Å². The van der Waals surface area contributed by atoms with Gasteiger partial charge >= 0.3 is 5.69 Å². The number of phenolic OH excluding ortho intramolecular Hbond substituents is 1. The fourth-order valence-corrected chi connectivity index (χ4v) is 1.80. The molecule has 18 heavy (non-hydrogen) atoms. The van der Waals surface area contributed by atoms with E-state index in [1.165, 1.54) is 12.1 Å². The molecule has 0 aliphatic heterocycles. The van der Waals surface area contributed by atoms with E-state index < -0.39 is 4.92 Å². The molecule has 0 aliphatic rings. The van der Waals surface area contributed by atoms with Crippen LogP contribution in [0.15, 0.2) is 30.5 Å². The fourth-order valence-electron chi connectivity index (χ4n) is 1.80. The van der Waals surface area contributed by atoms with Crippen molar-refractivity contribution in [2.24, 2.45) is 0 Å². The third-order valence-corrected chi connectivity index (χ3v) is 2.94. The molecule has 0 atom stereocenters. The lowest BCUT2D eigenvalue weighted by atomic mass is 10.00. The van der Waals surface area contributed by atoms with E-state index >= 15 is 0 Å². The minimum absolute atomic E-state index is 0.290. The monoisotopic (exact) mass is 244 g/mol. The summed E-state index contributed by atoms with van der Waals surface area (Å²) in [7, 11) is 0. The number of nitrogens with zero attached hydrogens (tertiary/aromatic N) is 2. The van der Waals surface area contributed by atoms with Crippen LogP contribution in [-0.2, 0) is 0 Å². The van der Waals surface area contributed by atoms with Crippen LogP contribution in [0, 0.1) is 24.0 Å². The summed E-state index contributed by atoms with van der Waals surface area (Å²) in [5, 5.41) is 20.3. The topological polar surface area (TPSA) is 76.3 Å². The summed E-state index contributed by atoms with van der Waals surface area (Å²) in [6.45, 7) is 3.82. The van der Waals surface area contributed by atoms with Crippen LogP contribution >= 0.6 is 0 Å². The maximum Gasteiger partial charge on any atom is 0.310 e. The fraction of sp³-hybridized carbons (Fsp3) is 0.154. The number of rotatable bonds is 2. The maximum absolute atomic E-state index is 10.6. The van der Waals surface area contributed by atoms with Gasteiger partial charge in [-0.1, -0.05) is 0 Å². The van der Waals surface area contributed by atoms with Crippen LogP contribution in [0.3, 0.4) is 0 Å². The molecule has 0 amide bonds. The molecule has 0 aliphatic carbocycles. The number of pyridine rings is 1. The van der Waals surface area contributed by atoms with Gasteiger partial charge in [-0.2, -0.15) is 0 Å². The van der Waals surface area contributed by atoms with Crippen LogP contribution in [0.4, 0.5) is 5.69 Å². The molecule has 2 rings (SSSR count). The van der Waals surface area contributed by atoms with Crippen LogP contribution in [0.5, 0.6) is 5.75 Å². The molecule has 0 saturated heterocycles. The van der Waals surface area contributed by atoms with E-state index in [1.54, 1.807) is 12.3 Å². The number of aromatic nitrogens is 1. The molecule has 2 aromatic rings. The van der Waals surface area contributed by atoms with Crippen molar-refractivity contribution in [3.05, 3.63) is 51.8 Å². The minimum Gasteiger partial charge on any atom is -0.502 e. The molecule has 0 unspecified atom stereocenters. The average molecular weight is 244 g/mol. The highest BCUT2D eigenvalue weighted by Crippen LogP contribution is 2.32. The van der Waals surface area contributed by atoms with Crippen molar-refractivity contribution in [1.82, 2.24) is 4.98 Å². The Morgan fingerprint density at radius 1 is 1.28 bits per heavy atom. The Morgan fingerprint density at radius 2 is 2.00 bits per heavy atom. The molecule has 1 heterocycles. The number of nitro benzene ring substituents is 1. The van der Waals surface area contributed by atoms with E-state index in [0.29, 0.717) is 0 Å². The van der Waals surface area contributed by atoms with Crippen molar-refractivity contribution in [3.63, 3.8) is 0 Å². The first-order chi connectivity index (χ1) is 8.50. The highest BCUT2D eigenvalue weighted by atomic mass is 16.6. The molecule has 0 saturated carbocycles. The second kappa shape index (κ2) is 4.44. The van der Waals surface area contributed by atoms with Gasteiger partial charge in [0.2, 0.25) is 0 Å². The van der Waals surface area contributed by atoms with E-state index in [-0.39, 0.29) is 11.4 Å². The number of hydrogen-bond acceptors (Lipinski definition) is 4. The Kier molecular flexibility index (Phi) is 2.97. The van der Waals surface area contributed by atoms with Gasteiger partial charge in [0, 0.05) is 18.0 Å². The van der Waals surface area contributed by atoms with Gasteiger partial charge in [0.15, 0.2) is 5.75 Å². The average Bonchev–Trinajstić information content (AvgIpc) is 2.32. The van der Waals surface area contributed by atoms with Gasteiger partial charge in [-0.05, 0) is 48.7 Å². The standard InChI is InChI=1S/C13H12N2O3/c1-8-9(2)14-6-5-11(8)10-3-4-12(15(17)18)13(16)7-10/h3-7,16H,1-2H3. The predicted molar refractivity (Wildman–Crippen MR) is 67.5 cm³/mol. The number of nitro groups is 1. The molecule has 1 aromatic carbocycles. The second-order valence-corrected chi connectivity index (χ2v) is 4.03. The minimum atomic E-state index is -0.607. The van der Waals surface area contributed by atoms with Crippen molar-refractivity contribution in [2.45, 2.75) is 13.8 Å².